The summed E-state index contributed by atoms with van der Waals surface area (Å²) in [4.78, 5) is 16.9. The van der Waals surface area contributed by atoms with Crippen LogP contribution in [-0.2, 0) is 13.1 Å². The molecule has 146 valence electrons. The Balaban J connectivity index is 1.31. The smallest absolute Gasteiger partial charge is 0.289 e. The van der Waals surface area contributed by atoms with Crippen LogP contribution in [0.15, 0.2) is 53.2 Å². The normalized spacial score (nSPS) is 15.1. The second-order valence-corrected chi connectivity index (χ2v) is 7.60. The summed E-state index contributed by atoms with van der Waals surface area (Å²) in [5, 5.41) is 5.28. The highest BCUT2D eigenvalue weighted by Crippen LogP contribution is 2.23. The number of rotatable bonds is 5. The zero-order valence-electron chi connectivity index (χ0n) is 15.2. The molecule has 8 heteroatoms. The summed E-state index contributed by atoms with van der Waals surface area (Å²) in [5.41, 5.74) is 1.11. The standard InChI is InChI=1S/C20H20Cl2N4O2/c21-17-4-2-15(12-18(17)22)13-24-8-10-25(11-9-24)20(27)19-5-3-16(28-19)14-26-7-1-6-23-26/h1-7,12H,8-11,13-14H2. The largest absolute Gasteiger partial charge is 0.454 e. The third-order valence-corrected chi connectivity index (χ3v) is 5.54. The minimum Gasteiger partial charge on any atom is -0.454 e. The Bertz CT molecular complexity index is 947. The van der Waals surface area contributed by atoms with Gasteiger partial charge in [0.2, 0.25) is 0 Å². The zero-order chi connectivity index (χ0) is 19.5. The van der Waals surface area contributed by atoms with Gasteiger partial charge in [0.05, 0.1) is 16.6 Å². The number of amides is 1. The predicted molar refractivity (Wildman–Crippen MR) is 108 cm³/mol. The maximum atomic E-state index is 12.7. The SMILES string of the molecule is O=C(c1ccc(Cn2cccn2)o1)N1CCN(Cc2ccc(Cl)c(Cl)c2)CC1. The Morgan fingerprint density at radius 3 is 2.57 bits per heavy atom. The molecule has 1 aromatic carbocycles. The monoisotopic (exact) mass is 418 g/mol. The van der Waals surface area contributed by atoms with Crippen molar-refractivity contribution in [2.75, 3.05) is 26.2 Å². The van der Waals surface area contributed by atoms with Crippen LogP contribution in [-0.4, -0.2) is 51.7 Å². The van der Waals surface area contributed by atoms with Crippen LogP contribution in [0.25, 0.3) is 0 Å². The van der Waals surface area contributed by atoms with Gasteiger partial charge in [-0.1, -0.05) is 29.3 Å². The second kappa shape index (κ2) is 8.39. The van der Waals surface area contributed by atoms with Crippen molar-refractivity contribution in [2.45, 2.75) is 13.1 Å². The molecule has 0 radical (unpaired) electrons. The van der Waals surface area contributed by atoms with Crippen LogP contribution in [0.3, 0.4) is 0 Å². The van der Waals surface area contributed by atoms with Crippen LogP contribution in [0.5, 0.6) is 0 Å². The van der Waals surface area contributed by atoms with E-state index in [9.17, 15) is 4.79 Å². The van der Waals surface area contributed by atoms with Crippen LogP contribution in [0.1, 0.15) is 21.9 Å². The van der Waals surface area contributed by atoms with Crippen LogP contribution >= 0.6 is 23.2 Å². The van der Waals surface area contributed by atoms with Gasteiger partial charge in [0.1, 0.15) is 5.76 Å². The van der Waals surface area contributed by atoms with Gasteiger partial charge in [-0.3, -0.25) is 14.4 Å². The number of furan rings is 1. The van der Waals surface area contributed by atoms with E-state index in [1.54, 1.807) is 16.9 Å². The molecular weight excluding hydrogens is 399 g/mol. The maximum Gasteiger partial charge on any atom is 0.289 e. The summed E-state index contributed by atoms with van der Waals surface area (Å²) in [6.45, 7) is 4.22. The maximum absolute atomic E-state index is 12.7. The molecule has 28 heavy (non-hydrogen) atoms. The summed E-state index contributed by atoms with van der Waals surface area (Å²) in [7, 11) is 0. The number of hydrogen-bond acceptors (Lipinski definition) is 4. The van der Waals surface area contributed by atoms with Gasteiger partial charge < -0.3 is 9.32 Å². The molecule has 0 spiro atoms. The molecule has 4 rings (SSSR count). The van der Waals surface area contributed by atoms with E-state index in [1.165, 1.54) is 0 Å². The van der Waals surface area contributed by atoms with Crippen LogP contribution in [0.4, 0.5) is 0 Å². The van der Waals surface area contributed by atoms with E-state index in [1.807, 2.05) is 41.4 Å². The number of halogens is 2. The van der Waals surface area contributed by atoms with Gasteiger partial charge in [-0.25, -0.2) is 0 Å². The highest BCUT2D eigenvalue weighted by Gasteiger charge is 2.24. The van der Waals surface area contributed by atoms with Gasteiger partial charge in [0.25, 0.3) is 5.91 Å². The Morgan fingerprint density at radius 1 is 1.04 bits per heavy atom. The second-order valence-electron chi connectivity index (χ2n) is 6.79. The number of hydrogen-bond donors (Lipinski definition) is 0. The van der Waals surface area contributed by atoms with Gasteiger partial charge in [-0.15, -0.1) is 0 Å². The van der Waals surface area contributed by atoms with E-state index in [0.717, 1.165) is 25.2 Å². The average molecular weight is 419 g/mol. The highest BCUT2D eigenvalue weighted by atomic mass is 35.5. The Kier molecular flexibility index (Phi) is 5.71. The van der Waals surface area contributed by atoms with Crippen molar-refractivity contribution in [1.82, 2.24) is 19.6 Å². The molecule has 1 saturated heterocycles. The van der Waals surface area contributed by atoms with Gasteiger partial charge >= 0.3 is 0 Å². The summed E-state index contributed by atoms with van der Waals surface area (Å²) >= 11 is 12.1. The van der Waals surface area contributed by atoms with Crippen LogP contribution in [0.2, 0.25) is 10.0 Å². The van der Waals surface area contributed by atoms with Crippen molar-refractivity contribution in [1.29, 1.82) is 0 Å². The highest BCUT2D eigenvalue weighted by molar-refractivity contribution is 6.42. The number of nitrogens with zero attached hydrogens (tertiary/aromatic N) is 4. The Hall–Kier alpha value is -2.28. The third kappa shape index (κ3) is 4.41. The number of piperazine rings is 1. The van der Waals surface area contributed by atoms with Gasteiger partial charge in [-0.05, 0) is 35.9 Å². The molecule has 1 aliphatic rings. The molecule has 6 nitrogen and oxygen atoms in total. The molecule has 2 aromatic heterocycles. The fraction of sp³-hybridized carbons (Fsp3) is 0.300. The van der Waals surface area contributed by atoms with E-state index >= 15 is 0 Å². The van der Waals surface area contributed by atoms with Gasteiger partial charge in [0.15, 0.2) is 5.76 Å². The Morgan fingerprint density at radius 2 is 1.86 bits per heavy atom. The first-order valence-electron chi connectivity index (χ1n) is 9.10. The summed E-state index contributed by atoms with van der Waals surface area (Å²) in [6.07, 6.45) is 3.57. The Labute approximate surface area is 173 Å². The van der Waals surface area contributed by atoms with Crippen molar-refractivity contribution >= 4 is 29.1 Å². The van der Waals surface area contributed by atoms with Crippen molar-refractivity contribution < 1.29 is 9.21 Å². The van der Waals surface area contributed by atoms with Crippen LogP contribution < -0.4 is 0 Å². The van der Waals surface area contributed by atoms with E-state index in [0.29, 0.717) is 41.2 Å². The summed E-state index contributed by atoms with van der Waals surface area (Å²) < 4.78 is 7.48. The number of carbonyl (C=O) groups is 1. The predicted octanol–water partition coefficient (Wildman–Crippen LogP) is 3.79. The van der Waals surface area contributed by atoms with Gasteiger partial charge in [-0.2, -0.15) is 5.10 Å². The minimum atomic E-state index is -0.0686. The zero-order valence-corrected chi connectivity index (χ0v) is 16.7. The topological polar surface area (TPSA) is 54.5 Å². The molecule has 0 aliphatic carbocycles. The first-order valence-corrected chi connectivity index (χ1v) is 9.86. The number of benzene rings is 1. The molecule has 0 atom stereocenters. The lowest BCUT2D eigenvalue weighted by Gasteiger charge is -2.34. The fourth-order valence-corrected chi connectivity index (χ4v) is 3.61. The lowest BCUT2D eigenvalue weighted by Crippen LogP contribution is -2.48. The lowest BCUT2D eigenvalue weighted by atomic mass is 10.2. The van der Waals surface area contributed by atoms with Crippen molar-refractivity contribution in [3.8, 4) is 0 Å². The molecule has 1 fully saturated rings. The fourth-order valence-electron chi connectivity index (χ4n) is 3.29. The minimum absolute atomic E-state index is 0.0686. The van der Waals surface area contributed by atoms with Gasteiger partial charge in [0, 0.05) is 45.1 Å². The summed E-state index contributed by atoms with van der Waals surface area (Å²) in [5.74, 6) is 1.02. The lowest BCUT2D eigenvalue weighted by molar-refractivity contribution is 0.0596. The average Bonchev–Trinajstić information content (AvgIpc) is 3.37. The van der Waals surface area contributed by atoms with Crippen molar-refractivity contribution in [3.63, 3.8) is 0 Å². The molecule has 1 amide bonds. The van der Waals surface area contributed by atoms with Crippen LogP contribution in [0, 0.1) is 0 Å². The van der Waals surface area contributed by atoms with Crippen molar-refractivity contribution in [2.24, 2.45) is 0 Å². The molecule has 3 heterocycles. The molecule has 1 aliphatic heterocycles. The van der Waals surface area contributed by atoms with E-state index in [4.69, 9.17) is 27.6 Å². The molecule has 3 aromatic rings. The first kappa shape index (κ1) is 19.1. The molecule has 0 unspecified atom stereocenters. The van der Waals surface area contributed by atoms with E-state index in [-0.39, 0.29) is 5.91 Å². The molecule has 0 bridgehead atoms. The summed E-state index contributed by atoms with van der Waals surface area (Å²) in [6, 6.07) is 11.1. The third-order valence-electron chi connectivity index (χ3n) is 4.80. The number of carbonyl (C=O) groups excluding carboxylic acids is 1. The van der Waals surface area contributed by atoms with Crippen molar-refractivity contribution in [3.05, 3.63) is 75.9 Å². The van der Waals surface area contributed by atoms with E-state index < -0.39 is 0 Å². The molecule has 0 N–H and O–H groups in total. The molecular formula is C20H20Cl2N4O2. The van der Waals surface area contributed by atoms with E-state index in [2.05, 4.69) is 10.00 Å². The quantitative estimate of drug-likeness (QED) is 0.632. The molecule has 0 saturated carbocycles. The number of aromatic nitrogens is 2. The first-order chi connectivity index (χ1) is 13.6.